The highest BCUT2D eigenvalue weighted by molar-refractivity contribution is 5.24. The molecule has 0 radical (unpaired) electrons. The number of nitrogen functional groups attached to an aromatic ring is 1. The molecule has 1 aliphatic rings. The summed E-state index contributed by atoms with van der Waals surface area (Å²) < 4.78 is 6.19. The molecule has 4 atom stereocenters. The lowest BCUT2D eigenvalue weighted by atomic mass is 9.93. The Labute approximate surface area is 108 Å². The van der Waals surface area contributed by atoms with Gasteiger partial charge in [0.1, 0.15) is 17.5 Å². The third-order valence-corrected chi connectivity index (χ3v) is 3.20. The quantitative estimate of drug-likeness (QED) is 0.384. The topological polar surface area (TPSA) is 157 Å². The summed E-state index contributed by atoms with van der Waals surface area (Å²) in [4.78, 5) is 15.2. The summed E-state index contributed by atoms with van der Waals surface area (Å²) in [5.41, 5.74) is 6.50. The summed E-state index contributed by atoms with van der Waals surface area (Å²) in [5, 5.41) is 29.3. The van der Waals surface area contributed by atoms with Crippen LogP contribution in [0.2, 0.25) is 0 Å². The lowest BCUT2D eigenvalue weighted by Gasteiger charge is -2.28. The Morgan fingerprint density at radius 3 is 2.74 bits per heavy atom. The van der Waals surface area contributed by atoms with Crippen LogP contribution in [-0.4, -0.2) is 48.9 Å². The maximum absolute atomic E-state index is 11.7. The van der Waals surface area contributed by atoms with Gasteiger partial charge in [0.25, 0.3) is 0 Å². The van der Waals surface area contributed by atoms with Crippen LogP contribution in [0.3, 0.4) is 0 Å². The molecule has 7 N–H and O–H groups in total. The fourth-order valence-corrected chi connectivity index (χ4v) is 2.09. The van der Waals surface area contributed by atoms with Crippen molar-refractivity contribution in [1.82, 2.24) is 9.55 Å². The van der Waals surface area contributed by atoms with E-state index in [1.54, 1.807) is 0 Å². The number of hydrogen-bond donors (Lipinski definition) is 5. The fourth-order valence-electron chi connectivity index (χ4n) is 2.09. The van der Waals surface area contributed by atoms with E-state index in [9.17, 15) is 15.0 Å². The van der Waals surface area contributed by atoms with Gasteiger partial charge < -0.3 is 25.8 Å². The molecule has 0 saturated carbocycles. The van der Waals surface area contributed by atoms with Crippen molar-refractivity contribution >= 4 is 5.82 Å². The lowest BCUT2D eigenvalue weighted by Crippen LogP contribution is -2.57. The SMILES string of the molecule is C[C@]1(O)[C@H](n2ccc(N)nc2=O)O[C@](N)(CO)[C@H]1O. The van der Waals surface area contributed by atoms with Crippen LogP contribution >= 0.6 is 0 Å². The van der Waals surface area contributed by atoms with E-state index in [1.165, 1.54) is 19.2 Å². The van der Waals surface area contributed by atoms with Gasteiger partial charge in [-0.15, -0.1) is 0 Å². The summed E-state index contributed by atoms with van der Waals surface area (Å²) in [6, 6.07) is 1.34. The Kier molecular flexibility index (Phi) is 3.11. The number of aliphatic hydroxyl groups is 3. The molecule has 1 aromatic heterocycles. The van der Waals surface area contributed by atoms with Crippen LogP contribution in [-0.2, 0) is 4.74 Å². The highest BCUT2D eigenvalue weighted by atomic mass is 16.6. The Hall–Kier alpha value is -1.52. The van der Waals surface area contributed by atoms with Crippen molar-refractivity contribution < 1.29 is 20.1 Å². The second-order valence-corrected chi connectivity index (χ2v) is 4.75. The number of nitrogens with zero attached hydrogens (tertiary/aromatic N) is 2. The van der Waals surface area contributed by atoms with E-state index in [0.717, 1.165) is 4.57 Å². The maximum Gasteiger partial charge on any atom is 0.351 e. The first-order chi connectivity index (χ1) is 8.72. The van der Waals surface area contributed by atoms with E-state index in [2.05, 4.69) is 4.98 Å². The molecule has 106 valence electrons. The van der Waals surface area contributed by atoms with Crippen molar-refractivity contribution in [2.45, 2.75) is 30.6 Å². The number of nitrogens with two attached hydrogens (primary N) is 2. The van der Waals surface area contributed by atoms with Gasteiger partial charge in [-0.1, -0.05) is 0 Å². The van der Waals surface area contributed by atoms with E-state index in [1.807, 2.05) is 0 Å². The molecular weight excluding hydrogens is 256 g/mol. The van der Waals surface area contributed by atoms with Gasteiger partial charge in [-0.05, 0) is 13.0 Å². The van der Waals surface area contributed by atoms with E-state index < -0.39 is 36.0 Å². The number of anilines is 1. The lowest BCUT2D eigenvalue weighted by molar-refractivity contribution is -0.128. The number of hydrogen-bond acceptors (Lipinski definition) is 8. The van der Waals surface area contributed by atoms with Crippen LogP contribution in [0.1, 0.15) is 13.2 Å². The molecule has 0 amide bonds. The monoisotopic (exact) mass is 272 g/mol. The average molecular weight is 272 g/mol. The van der Waals surface area contributed by atoms with Gasteiger partial charge in [-0.2, -0.15) is 4.98 Å². The molecule has 19 heavy (non-hydrogen) atoms. The number of ether oxygens (including phenoxy) is 1. The van der Waals surface area contributed by atoms with Crippen LogP contribution < -0.4 is 17.2 Å². The highest BCUT2D eigenvalue weighted by Crippen LogP contribution is 2.40. The summed E-state index contributed by atoms with van der Waals surface area (Å²) in [5.74, 6) is 0.0145. The first kappa shape index (κ1) is 13.9. The van der Waals surface area contributed by atoms with Crippen molar-refractivity contribution in [2.75, 3.05) is 12.3 Å². The molecule has 9 nitrogen and oxygen atoms in total. The Morgan fingerprint density at radius 1 is 1.63 bits per heavy atom. The number of rotatable bonds is 2. The number of aromatic nitrogens is 2. The molecule has 0 spiro atoms. The zero-order valence-electron chi connectivity index (χ0n) is 10.2. The normalized spacial score (nSPS) is 38.6. The molecule has 1 aromatic rings. The minimum atomic E-state index is -1.88. The zero-order valence-corrected chi connectivity index (χ0v) is 10.2. The van der Waals surface area contributed by atoms with E-state index in [0.29, 0.717) is 0 Å². The Morgan fingerprint density at radius 2 is 2.26 bits per heavy atom. The minimum absolute atomic E-state index is 0.0145. The molecule has 0 aliphatic carbocycles. The van der Waals surface area contributed by atoms with Crippen LogP contribution in [0, 0.1) is 0 Å². The number of aliphatic hydroxyl groups excluding tert-OH is 2. The van der Waals surface area contributed by atoms with Gasteiger partial charge in [-0.25, -0.2) is 4.79 Å². The molecular formula is C10H16N4O5. The molecule has 0 unspecified atom stereocenters. The first-order valence-corrected chi connectivity index (χ1v) is 5.55. The average Bonchev–Trinajstić information content (AvgIpc) is 2.51. The predicted molar refractivity (Wildman–Crippen MR) is 63.7 cm³/mol. The third kappa shape index (κ3) is 2.01. The van der Waals surface area contributed by atoms with Crippen molar-refractivity contribution in [3.63, 3.8) is 0 Å². The van der Waals surface area contributed by atoms with Gasteiger partial charge in [-0.3, -0.25) is 10.3 Å². The van der Waals surface area contributed by atoms with Gasteiger partial charge in [0.2, 0.25) is 0 Å². The van der Waals surface area contributed by atoms with Gasteiger partial charge >= 0.3 is 5.69 Å². The smallest absolute Gasteiger partial charge is 0.351 e. The zero-order chi connectivity index (χ0) is 14.4. The molecule has 0 aromatic carbocycles. The second-order valence-electron chi connectivity index (χ2n) is 4.75. The van der Waals surface area contributed by atoms with Crippen LogP contribution in [0.25, 0.3) is 0 Å². The van der Waals surface area contributed by atoms with E-state index in [4.69, 9.17) is 21.3 Å². The molecule has 2 heterocycles. The summed E-state index contributed by atoms with van der Waals surface area (Å²) >= 11 is 0. The van der Waals surface area contributed by atoms with Crippen LogP contribution in [0.5, 0.6) is 0 Å². The first-order valence-electron chi connectivity index (χ1n) is 5.55. The standard InChI is InChI=1S/C10H16N4O5/c1-9(18)6(16)10(12,4-15)19-7(9)14-3-2-5(11)13-8(14)17/h2-3,6-7,15-16,18H,4,12H2,1H3,(H2,11,13,17)/t6-,7+,9+,10+/m0/s1. The van der Waals surface area contributed by atoms with Gasteiger partial charge in [0, 0.05) is 6.20 Å². The maximum atomic E-state index is 11.7. The van der Waals surface area contributed by atoms with Gasteiger partial charge in [0.15, 0.2) is 12.0 Å². The molecule has 9 heteroatoms. The van der Waals surface area contributed by atoms with Crippen molar-refractivity contribution in [3.8, 4) is 0 Å². The Balaban J connectivity index is 2.48. The molecule has 1 saturated heterocycles. The van der Waals surface area contributed by atoms with E-state index >= 15 is 0 Å². The minimum Gasteiger partial charge on any atom is -0.392 e. The third-order valence-electron chi connectivity index (χ3n) is 3.20. The fraction of sp³-hybridized carbons (Fsp3) is 0.600. The molecule has 1 aliphatic heterocycles. The molecule has 2 rings (SSSR count). The molecule has 1 fully saturated rings. The summed E-state index contributed by atoms with van der Waals surface area (Å²) in [6.45, 7) is 0.521. The van der Waals surface area contributed by atoms with Crippen LogP contribution in [0.4, 0.5) is 5.82 Å². The van der Waals surface area contributed by atoms with Crippen molar-refractivity contribution in [2.24, 2.45) is 5.73 Å². The van der Waals surface area contributed by atoms with Crippen molar-refractivity contribution in [3.05, 3.63) is 22.7 Å². The molecule has 0 bridgehead atoms. The predicted octanol–water partition coefficient (Wildman–Crippen LogP) is -2.89. The summed E-state index contributed by atoms with van der Waals surface area (Å²) in [7, 11) is 0. The Bertz CT molecular complexity index is 545. The highest BCUT2D eigenvalue weighted by Gasteiger charge is 2.60. The van der Waals surface area contributed by atoms with Crippen molar-refractivity contribution in [1.29, 1.82) is 0 Å². The van der Waals surface area contributed by atoms with E-state index in [-0.39, 0.29) is 5.82 Å². The van der Waals surface area contributed by atoms with Gasteiger partial charge in [0.05, 0.1) is 6.61 Å². The largest absolute Gasteiger partial charge is 0.392 e. The van der Waals surface area contributed by atoms with Crippen LogP contribution in [0.15, 0.2) is 17.1 Å². The second kappa shape index (κ2) is 4.25. The summed E-state index contributed by atoms with van der Waals surface area (Å²) in [6.07, 6.45) is -1.61.